The van der Waals surface area contributed by atoms with Crippen LogP contribution in [0.5, 0.6) is 5.75 Å². The summed E-state index contributed by atoms with van der Waals surface area (Å²) in [6.07, 6.45) is 0.771. The van der Waals surface area contributed by atoms with E-state index < -0.39 is 5.41 Å². The third kappa shape index (κ3) is 1.69. The molecule has 2 rings (SSSR count). The summed E-state index contributed by atoms with van der Waals surface area (Å²) in [4.78, 5) is 11.9. The number of amides is 1. The van der Waals surface area contributed by atoms with Crippen molar-refractivity contribution in [1.82, 2.24) is 0 Å². The van der Waals surface area contributed by atoms with E-state index in [1.54, 1.807) is 0 Å². The summed E-state index contributed by atoms with van der Waals surface area (Å²) in [6.45, 7) is 4.36. The largest absolute Gasteiger partial charge is 0.490 e. The van der Waals surface area contributed by atoms with Crippen LogP contribution in [0.25, 0.3) is 0 Å². The van der Waals surface area contributed by atoms with Gasteiger partial charge in [0.2, 0.25) is 5.91 Å². The third-order valence-electron chi connectivity index (χ3n) is 3.01. The highest BCUT2D eigenvalue weighted by molar-refractivity contribution is 5.97. The van der Waals surface area contributed by atoms with Crippen molar-refractivity contribution in [3.63, 3.8) is 0 Å². The second-order valence-corrected chi connectivity index (χ2v) is 4.15. The quantitative estimate of drug-likeness (QED) is 0.764. The van der Waals surface area contributed by atoms with Crippen LogP contribution in [-0.4, -0.2) is 12.5 Å². The maximum Gasteiger partial charge on any atom is 0.233 e. The zero-order valence-corrected chi connectivity index (χ0v) is 9.04. The number of fused-ring (bicyclic) bond motifs is 1. The zero-order valence-electron chi connectivity index (χ0n) is 9.04. The van der Waals surface area contributed by atoms with Crippen LogP contribution < -0.4 is 10.1 Å². The number of ether oxygens (including phenoxy) is 1. The van der Waals surface area contributed by atoms with Crippen LogP contribution in [0.15, 0.2) is 24.3 Å². The lowest BCUT2D eigenvalue weighted by Gasteiger charge is -2.22. The van der Waals surface area contributed by atoms with Gasteiger partial charge in [0.25, 0.3) is 0 Å². The van der Waals surface area contributed by atoms with Gasteiger partial charge in [-0.3, -0.25) is 4.79 Å². The Hall–Kier alpha value is -1.51. The molecule has 0 saturated heterocycles. The maximum atomic E-state index is 11.9. The average Bonchev–Trinajstić information content (AvgIpc) is 2.38. The van der Waals surface area contributed by atoms with Crippen LogP contribution in [0.1, 0.15) is 20.3 Å². The van der Waals surface area contributed by atoms with Gasteiger partial charge in [0.1, 0.15) is 12.4 Å². The first kappa shape index (κ1) is 10.0. The molecule has 15 heavy (non-hydrogen) atoms. The summed E-state index contributed by atoms with van der Waals surface area (Å²) in [5, 5.41) is 2.90. The highest BCUT2D eigenvalue weighted by Crippen LogP contribution is 2.33. The monoisotopic (exact) mass is 205 g/mol. The van der Waals surface area contributed by atoms with E-state index in [1.165, 1.54) is 0 Å². The molecule has 0 bridgehead atoms. The Balaban J connectivity index is 2.34. The van der Waals surface area contributed by atoms with Gasteiger partial charge >= 0.3 is 0 Å². The van der Waals surface area contributed by atoms with Gasteiger partial charge in [-0.2, -0.15) is 0 Å². The summed E-state index contributed by atoms with van der Waals surface area (Å²) in [5.74, 6) is 0.790. The van der Waals surface area contributed by atoms with Gasteiger partial charge in [-0.15, -0.1) is 0 Å². The summed E-state index contributed by atoms with van der Waals surface area (Å²) >= 11 is 0. The lowest BCUT2D eigenvalue weighted by molar-refractivity contribution is -0.126. The Labute approximate surface area is 89.4 Å². The molecule has 1 aromatic rings. The van der Waals surface area contributed by atoms with Crippen molar-refractivity contribution in [1.29, 1.82) is 0 Å². The van der Waals surface area contributed by atoms with E-state index >= 15 is 0 Å². The van der Waals surface area contributed by atoms with Crippen molar-refractivity contribution in [2.45, 2.75) is 20.3 Å². The molecule has 1 heterocycles. The lowest BCUT2D eigenvalue weighted by Crippen LogP contribution is -2.36. The first-order valence-corrected chi connectivity index (χ1v) is 5.19. The Morgan fingerprint density at radius 2 is 2.20 bits per heavy atom. The molecule has 0 aromatic heterocycles. The molecule has 1 N–H and O–H groups in total. The number of carbonyl (C=O) groups excluding carboxylic acids is 1. The molecule has 1 amide bonds. The normalized spacial score (nSPS) is 24.8. The fraction of sp³-hybridized carbons (Fsp3) is 0.417. The molecule has 0 fully saturated rings. The molecule has 3 nitrogen and oxygen atoms in total. The van der Waals surface area contributed by atoms with Crippen molar-refractivity contribution in [3.8, 4) is 5.75 Å². The summed E-state index contributed by atoms with van der Waals surface area (Å²) < 4.78 is 5.64. The molecule has 3 heteroatoms. The maximum absolute atomic E-state index is 11.9. The third-order valence-corrected chi connectivity index (χ3v) is 3.01. The van der Waals surface area contributed by atoms with Crippen molar-refractivity contribution >= 4 is 11.6 Å². The Morgan fingerprint density at radius 1 is 1.47 bits per heavy atom. The van der Waals surface area contributed by atoms with Gasteiger partial charge < -0.3 is 10.1 Å². The molecule has 1 aliphatic heterocycles. The van der Waals surface area contributed by atoms with Gasteiger partial charge in [-0.1, -0.05) is 19.1 Å². The molecule has 80 valence electrons. The van der Waals surface area contributed by atoms with E-state index in [-0.39, 0.29) is 5.91 Å². The van der Waals surface area contributed by atoms with Crippen molar-refractivity contribution in [2.75, 3.05) is 11.9 Å². The predicted molar refractivity (Wildman–Crippen MR) is 59.0 cm³/mol. The predicted octanol–water partition coefficient (Wildman–Crippen LogP) is 2.43. The number of hydrogen-bond donors (Lipinski definition) is 1. The first-order valence-electron chi connectivity index (χ1n) is 5.19. The van der Waals surface area contributed by atoms with Crippen LogP contribution in [0.2, 0.25) is 0 Å². The SMILES string of the molecule is CCC1(C)COc2ccccc2NC1=O. The van der Waals surface area contributed by atoms with E-state index in [0.29, 0.717) is 6.61 Å². The molecule has 0 radical (unpaired) electrons. The Morgan fingerprint density at radius 3 is 2.93 bits per heavy atom. The standard InChI is InChI=1S/C12H15NO2/c1-3-12(2)8-15-10-7-5-4-6-9(10)13-11(12)14/h4-7H,3,8H2,1-2H3,(H,13,14). The van der Waals surface area contributed by atoms with E-state index in [1.807, 2.05) is 38.1 Å². The molecular formula is C12H15NO2. The number of carbonyl (C=O) groups is 1. The van der Waals surface area contributed by atoms with Gasteiger partial charge in [-0.05, 0) is 25.5 Å². The highest BCUT2D eigenvalue weighted by atomic mass is 16.5. The first-order chi connectivity index (χ1) is 7.15. The molecule has 1 unspecified atom stereocenters. The van der Waals surface area contributed by atoms with Gasteiger partial charge in [-0.25, -0.2) is 0 Å². The Bertz CT molecular complexity index is 389. The molecule has 1 aromatic carbocycles. The number of benzene rings is 1. The number of rotatable bonds is 1. The molecular weight excluding hydrogens is 190 g/mol. The van der Waals surface area contributed by atoms with E-state index in [2.05, 4.69) is 5.32 Å². The van der Waals surface area contributed by atoms with Gasteiger partial charge in [0.15, 0.2) is 0 Å². The van der Waals surface area contributed by atoms with Crippen LogP contribution in [-0.2, 0) is 4.79 Å². The Kier molecular flexibility index (Phi) is 2.39. The van der Waals surface area contributed by atoms with E-state index in [4.69, 9.17) is 4.74 Å². The van der Waals surface area contributed by atoms with Crippen molar-refractivity contribution < 1.29 is 9.53 Å². The second kappa shape index (κ2) is 3.57. The van der Waals surface area contributed by atoms with Crippen LogP contribution in [0.4, 0.5) is 5.69 Å². The molecule has 0 aliphatic carbocycles. The van der Waals surface area contributed by atoms with Crippen LogP contribution >= 0.6 is 0 Å². The minimum atomic E-state index is -0.432. The molecule has 0 spiro atoms. The van der Waals surface area contributed by atoms with Gasteiger partial charge in [0, 0.05) is 0 Å². The summed E-state index contributed by atoms with van der Waals surface area (Å²) in [6, 6.07) is 7.52. The minimum Gasteiger partial charge on any atom is -0.490 e. The van der Waals surface area contributed by atoms with Crippen molar-refractivity contribution in [3.05, 3.63) is 24.3 Å². The molecule has 1 aliphatic rings. The number of anilines is 1. The smallest absolute Gasteiger partial charge is 0.233 e. The summed E-state index contributed by atoms with van der Waals surface area (Å²) in [5.41, 5.74) is 0.332. The number of nitrogens with one attached hydrogen (secondary N) is 1. The fourth-order valence-electron chi connectivity index (χ4n) is 1.53. The highest BCUT2D eigenvalue weighted by Gasteiger charge is 2.35. The summed E-state index contributed by atoms with van der Waals surface area (Å²) in [7, 11) is 0. The molecule has 0 saturated carbocycles. The van der Waals surface area contributed by atoms with E-state index in [0.717, 1.165) is 17.9 Å². The van der Waals surface area contributed by atoms with Crippen LogP contribution in [0.3, 0.4) is 0 Å². The average molecular weight is 205 g/mol. The number of hydrogen-bond acceptors (Lipinski definition) is 2. The van der Waals surface area contributed by atoms with E-state index in [9.17, 15) is 4.79 Å². The lowest BCUT2D eigenvalue weighted by atomic mass is 9.88. The van der Waals surface area contributed by atoms with Gasteiger partial charge in [0.05, 0.1) is 11.1 Å². The van der Waals surface area contributed by atoms with Crippen LogP contribution in [0, 0.1) is 5.41 Å². The van der Waals surface area contributed by atoms with Crippen molar-refractivity contribution in [2.24, 2.45) is 5.41 Å². The topological polar surface area (TPSA) is 38.3 Å². The minimum absolute atomic E-state index is 0.0370. The fourth-order valence-corrected chi connectivity index (χ4v) is 1.53. The number of para-hydroxylation sites is 2. The second-order valence-electron chi connectivity index (χ2n) is 4.15. The zero-order chi connectivity index (χ0) is 10.9. The molecule has 1 atom stereocenters.